The molecule has 1 atom stereocenters. The summed E-state index contributed by atoms with van der Waals surface area (Å²) in [7, 11) is 0. The second-order valence-corrected chi connectivity index (χ2v) is 6.71. The molecule has 1 fully saturated rings. The Hall–Kier alpha value is -3.02. The number of carbonyl (C=O) groups is 2. The Labute approximate surface area is 159 Å². The lowest BCUT2D eigenvalue weighted by Gasteiger charge is -2.32. The maximum Gasteiger partial charge on any atom is 0.253 e. The van der Waals surface area contributed by atoms with E-state index in [1.54, 1.807) is 29.4 Å². The van der Waals surface area contributed by atoms with Crippen LogP contribution in [0.3, 0.4) is 0 Å². The van der Waals surface area contributed by atoms with E-state index in [4.69, 9.17) is 5.41 Å². The molecule has 6 heteroatoms. The minimum absolute atomic E-state index is 0.00159. The fourth-order valence-corrected chi connectivity index (χ4v) is 3.39. The topological polar surface area (TPSA) is 86.2 Å². The highest BCUT2D eigenvalue weighted by atomic mass is 16.2. The van der Waals surface area contributed by atoms with Crippen molar-refractivity contribution in [1.29, 1.82) is 5.41 Å². The predicted octanol–water partition coefficient (Wildman–Crippen LogP) is 2.83. The summed E-state index contributed by atoms with van der Waals surface area (Å²) >= 11 is 0. The number of rotatable bonds is 6. The fraction of sp³-hybridized carbons (Fsp3) is 0.333. The van der Waals surface area contributed by atoms with Gasteiger partial charge in [0.2, 0.25) is 5.91 Å². The summed E-state index contributed by atoms with van der Waals surface area (Å²) in [6.45, 7) is 1.14. The predicted molar refractivity (Wildman–Crippen MR) is 104 cm³/mol. The standard InChI is InChI=1S/C21H24N4O2/c22-11-6-19(16-4-2-1-3-5-16)24-20(26)17-9-14-25(15-10-17)21(27)18-7-12-23-13-8-18/h1-5,7-8,11-13,17,19,22H,6,9-10,14-15H2,(H,24,26). The number of nitrogens with one attached hydrogen (secondary N) is 2. The summed E-state index contributed by atoms with van der Waals surface area (Å²) in [5.41, 5.74) is 1.63. The molecule has 1 saturated heterocycles. The van der Waals surface area contributed by atoms with Gasteiger partial charge < -0.3 is 15.6 Å². The van der Waals surface area contributed by atoms with Gasteiger partial charge in [0.1, 0.15) is 0 Å². The van der Waals surface area contributed by atoms with Crippen molar-refractivity contribution in [3.05, 3.63) is 66.0 Å². The van der Waals surface area contributed by atoms with Crippen LogP contribution in [0.25, 0.3) is 0 Å². The maximum absolute atomic E-state index is 12.7. The van der Waals surface area contributed by atoms with Crippen molar-refractivity contribution in [3.8, 4) is 0 Å². The maximum atomic E-state index is 12.7. The normalized spacial score (nSPS) is 15.8. The van der Waals surface area contributed by atoms with Crippen LogP contribution < -0.4 is 5.32 Å². The molecule has 2 N–H and O–H groups in total. The van der Waals surface area contributed by atoms with Gasteiger partial charge in [0.25, 0.3) is 5.91 Å². The van der Waals surface area contributed by atoms with Gasteiger partial charge in [-0.2, -0.15) is 0 Å². The second-order valence-electron chi connectivity index (χ2n) is 6.71. The summed E-state index contributed by atoms with van der Waals surface area (Å²) in [6, 6.07) is 13.0. The highest BCUT2D eigenvalue weighted by Crippen LogP contribution is 2.22. The minimum Gasteiger partial charge on any atom is -0.349 e. The summed E-state index contributed by atoms with van der Waals surface area (Å²) < 4.78 is 0. The van der Waals surface area contributed by atoms with Crippen molar-refractivity contribution in [3.63, 3.8) is 0 Å². The quantitative estimate of drug-likeness (QED) is 0.773. The summed E-state index contributed by atoms with van der Waals surface area (Å²) in [5, 5.41) is 10.5. The van der Waals surface area contributed by atoms with Crippen LogP contribution in [-0.4, -0.2) is 41.0 Å². The number of nitrogens with zero attached hydrogens (tertiary/aromatic N) is 2. The van der Waals surface area contributed by atoms with Crippen molar-refractivity contribution in [2.24, 2.45) is 5.92 Å². The van der Waals surface area contributed by atoms with E-state index in [-0.39, 0.29) is 23.8 Å². The molecule has 6 nitrogen and oxygen atoms in total. The van der Waals surface area contributed by atoms with E-state index >= 15 is 0 Å². The summed E-state index contributed by atoms with van der Waals surface area (Å²) in [4.78, 5) is 30.9. The second kappa shape index (κ2) is 9.07. The van der Waals surface area contributed by atoms with Gasteiger partial charge in [0.05, 0.1) is 6.04 Å². The molecule has 0 aliphatic carbocycles. The third kappa shape index (κ3) is 4.78. The molecular formula is C21H24N4O2. The Kier molecular flexibility index (Phi) is 6.30. The Morgan fingerprint density at radius 2 is 1.81 bits per heavy atom. The van der Waals surface area contributed by atoms with E-state index in [2.05, 4.69) is 10.3 Å². The highest BCUT2D eigenvalue weighted by molar-refractivity contribution is 5.94. The van der Waals surface area contributed by atoms with Crippen LogP contribution in [0.4, 0.5) is 0 Å². The molecule has 1 aromatic carbocycles. The molecular weight excluding hydrogens is 340 g/mol. The first-order valence-corrected chi connectivity index (χ1v) is 9.22. The molecule has 0 spiro atoms. The van der Waals surface area contributed by atoms with Crippen molar-refractivity contribution in [2.75, 3.05) is 13.1 Å². The number of carbonyl (C=O) groups excluding carboxylic acids is 2. The molecule has 1 aliphatic heterocycles. The zero-order valence-corrected chi connectivity index (χ0v) is 15.2. The molecule has 0 radical (unpaired) electrons. The monoisotopic (exact) mass is 364 g/mol. The van der Waals surface area contributed by atoms with Crippen LogP contribution in [0.5, 0.6) is 0 Å². The Bertz CT molecular complexity index is 771. The molecule has 2 aromatic rings. The lowest BCUT2D eigenvalue weighted by molar-refractivity contribution is -0.127. The third-order valence-electron chi connectivity index (χ3n) is 4.95. The molecule has 0 saturated carbocycles. The molecule has 140 valence electrons. The van der Waals surface area contributed by atoms with Gasteiger partial charge in [0.15, 0.2) is 0 Å². The van der Waals surface area contributed by atoms with Crippen molar-refractivity contribution < 1.29 is 9.59 Å². The number of hydrogen-bond donors (Lipinski definition) is 2. The average molecular weight is 364 g/mol. The smallest absolute Gasteiger partial charge is 0.253 e. The average Bonchev–Trinajstić information content (AvgIpc) is 2.74. The fourth-order valence-electron chi connectivity index (χ4n) is 3.39. The third-order valence-corrected chi connectivity index (χ3v) is 4.95. The molecule has 2 heterocycles. The highest BCUT2D eigenvalue weighted by Gasteiger charge is 2.29. The first-order chi connectivity index (χ1) is 13.2. The minimum atomic E-state index is -0.187. The van der Waals surface area contributed by atoms with E-state index in [0.29, 0.717) is 37.9 Å². The van der Waals surface area contributed by atoms with Gasteiger partial charge in [-0.25, -0.2) is 0 Å². The van der Waals surface area contributed by atoms with E-state index in [1.807, 2.05) is 30.3 Å². The van der Waals surface area contributed by atoms with Crippen LogP contribution in [0.15, 0.2) is 54.9 Å². The summed E-state index contributed by atoms with van der Waals surface area (Å²) in [6.07, 6.45) is 6.31. The number of piperidine rings is 1. The zero-order valence-electron chi connectivity index (χ0n) is 15.2. The summed E-state index contributed by atoms with van der Waals surface area (Å²) in [5.74, 6) is -0.118. The molecule has 1 unspecified atom stereocenters. The van der Waals surface area contributed by atoms with E-state index in [9.17, 15) is 9.59 Å². The number of pyridine rings is 1. The van der Waals surface area contributed by atoms with Gasteiger partial charge in [-0.05, 0) is 36.8 Å². The Morgan fingerprint density at radius 3 is 2.44 bits per heavy atom. The van der Waals surface area contributed by atoms with Crippen LogP contribution in [0.2, 0.25) is 0 Å². The van der Waals surface area contributed by atoms with E-state index in [0.717, 1.165) is 5.56 Å². The van der Waals surface area contributed by atoms with E-state index < -0.39 is 0 Å². The van der Waals surface area contributed by atoms with Crippen molar-refractivity contribution in [2.45, 2.75) is 25.3 Å². The number of amides is 2. The lowest BCUT2D eigenvalue weighted by Crippen LogP contribution is -2.43. The Morgan fingerprint density at radius 1 is 1.15 bits per heavy atom. The zero-order chi connectivity index (χ0) is 19.1. The Balaban J connectivity index is 1.56. The van der Waals surface area contributed by atoms with Crippen LogP contribution in [-0.2, 0) is 4.79 Å². The lowest BCUT2D eigenvalue weighted by atomic mass is 9.94. The SMILES string of the molecule is N=CCC(NC(=O)C1CCN(C(=O)c2ccncc2)CC1)c1ccccc1. The van der Waals surface area contributed by atoms with Crippen LogP contribution in [0.1, 0.15) is 41.2 Å². The number of benzene rings is 1. The molecule has 2 amide bonds. The molecule has 3 rings (SSSR count). The van der Waals surface area contributed by atoms with Crippen molar-refractivity contribution >= 4 is 18.0 Å². The first-order valence-electron chi connectivity index (χ1n) is 9.22. The number of likely N-dealkylation sites (tertiary alicyclic amines) is 1. The number of aromatic nitrogens is 1. The molecule has 1 aromatic heterocycles. The molecule has 27 heavy (non-hydrogen) atoms. The van der Waals surface area contributed by atoms with E-state index in [1.165, 1.54) is 6.21 Å². The largest absolute Gasteiger partial charge is 0.349 e. The van der Waals surface area contributed by atoms with Gasteiger partial charge in [-0.1, -0.05) is 30.3 Å². The van der Waals surface area contributed by atoms with Crippen LogP contribution in [0, 0.1) is 11.3 Å². The van der Waals surface area contributed by atoms with Gasteiger partial charge in [0, 0.05) is 43.4 Å². The van der Waals surface area contributed by atoms with Gasteiger partial charge >= 0.3 is 0 Å². The molecule has 1 aliphatic rings. The number of hydrogen-bond acceptors (Lipinski definition) is 4. The van der Waals surface area contributed by atoms with Crippen molar-refractivity contribution in [1.82, 2.24) is 15.2 Å². The molecule has 0 bridgehead atoms. The van der Waals surface area contributed by atoms with Gasteiger partial charge in [-0.3, -0.25) is 14.6 Å². The first kappa shape index (κ1) is 18.8. The van der Waals surface area contributed by atoms with Gasteiger partial charge in [-0.15, -0.1) is 0 Å². The van der Waals surface area contributed by atoms with Crippen LogP contribution >= 0.6 is 0 Å².